The molecule has 0 fully saturated rings. The van der Waals surface area contributed by atoms with E-state index in [-0.39, 0.29) is 0 Å². The summed E-state index contributed by atoms with van der Waals surface area (Å²) in [4.78, 5) is 0. The second-order valence-electron chi connectivity index (χ2n) is 6.21. The van der Waals surface area contributed by atoms with E-state index >= 15 is 0 Å². The molecule has 0 aliphatic rings. The Bertz CT molecular complexity index is 805. The number of anilines is 1. The fourth-order valence-corrected chi connectivity index (χ4v) is 3.59. The van der Waals surface area contributed by atoms with Crippen molar-refractivity contribution >= 4 is 21.6 Å². The SMILES string of the molecule is Cc1cc(C)c(NCc2ccc(OCc3ccccc3)cc2)c(Br)c1. The van der Waals surface area contributed by atoms with E-state index in [1.54, 1.807) is 0 Å². The molecular formula is C22H22BrNO. The average molecular weight is 396 g/mol. The van der Waals surface area contributed by atoms with Gasteiger partial charge in [-0.05, 0) is 70.2 Å². The van der Waals surface area contributed by atoms with E-state index < -0.39 is 0 Å². The number of nitrogens with one attached hydrogen (secondary N) is 1. The van der Waals surface area contributed by atoms with Crippen LogP contribution in [0.5, 0.6) is 5.75 Å². The summed E-state index contributed by atoms with van der Waals surface area (Å²) < 4.78 is 6.94. The molecule has 0 amide bonds. The number of halogens is 1. The number of hydrogen-bond acceptors (Lipinski definition) is 2. The van der Waals surface area contributed by atoms with E-state index in [4.69, 9.17) is 4.74 Å². The molecule has 0 radical (unpaired) electrons. The van der Waals surface area contributed by atoms with Crippen molar-refractivity contribution in [1.29, 1.82) is 0 Å². The second-order valence-corrected chi connectivity index (χ2v) is 7.06. The van der Waals surface area contributed by atoms with Gasteiger partial charge in [-0.2, -0.15) is 0 Å². The minimum Gasteiger partial charge on any atom is -0.489 e. The van der Waals surface area contributed by atoms with Crippen LogP contribution in [-0.4, -0.2) is 0 Å². The van der Waals surface area contributed by atoms with Gasteiger partial charge in [0.15, 0.2) is 0 Å². The van der Waals surface area contributed by atoms with Crippen molar-refractivity contribution in [3.05, 3.63) is 93.5 Å². The molecular weight excluding hydrogens is 374 g/mol. The van der Waals surface area contributed by atoms with Crippen molar-refractivity contribution in [2.75, 3.05) is 5.32 Å². The quantitative estimate of drug-likeness (QED) is 0.531. The molecule has 3 heteroatoms. The van der Waals surface area contributed by atoms with Crippen LogP contribution in [-0.2, 0) is 13.2 Å². The predicted molar refractivity (Wildman–Crippen MR) is 108 cm³/mol. The molecule has 0 bridgehead atoms. The number of aryl methyl sites for hydroxylation is 2. The Morgan fingerprint density at radius 2 is 1.60 bits per heavy atom. The summed E-state index contributed by atoms with van der Waals surface area (Å²) in [5, 5.41) is 3.51. The summed E-state index contributed by atoms with van der Waals surface area (Å²) in [6.07, 6.45) is 0. The highest BCUT2D eigenvalue weighted by atomic mass is 79.9. The molecule has 0 aliphatic heterocycles. The highest BCUT2D eigenvalue weighted by molar-refractivity contribution is 9.10. The number of hydrogen-bond donors (Lipinski definition) is 1. The second kappa shape index (κ2) is 8.21. The Labute approximate surface area is 158 Å². The molecule has 0 aliphatic carbocycles. The third kappa shape index (κ3) is 4.86. The zero-order valence-corrected chi connectivity index (χ0v) is 16.1. The average Bonchev–Trinajstić information content (AvgIpc) is 2.61. The Morgan fingerprint density at radius 3 is 2.28 bits per heavy atom. The topological polar surface area (TPSA) is 21.3 Å². The predicted octanol–water partition coefficient (Wildman–Crippen LogP) is 6.26. The van der Waals surface area contributed by atoms with Crippen molar-refractivity contribution in [2.45, 2.75) is 27.0 Å². The van der Waals surface area contributed by atoms with Gasteiger partial charge < -0.3 is 10.1 Å². The molecule has 128 valence electrons. The van der Waals surface area contributed by atoms with Gasteiger partial charge in [0.1, 0.15) is 12.4 Å². The molecule has 2 nitrogen and oxygen atoms in total. The van der Waals surface area contributed by atoms with E-state index in [9.17, 15) is 0 Å². The van der Waals surface area contributed by atoms with Crippen molar-refractivity contribution in [3.63, 3.8) is 0 Å². The Hall–Kier alpha value is -2.26. The smallest absolute Gasteiger partial charge is 0.119 e. The van der Waals surface area contributed by atoms with Gasteiger partial charge in [-0.25, -0.2) is 0 Å². The lowest BCUT2D eigenvalue weighted by molar-refractivity contribution is 0.306. The molecule has 0 unspecified atom stereocenters. The maximum atomic E-state index is 5.83. The first kappa shape index (κ1) is 17.6. The van der Waals surface area contributed by atoms with E-state index in [1.165, 1.54) is 22.3 Å². The van der Waals surface area contributed by atoms with Gasteiger partial charge in [-0.3, -0.25) is 0 Å². The van der Waals surface area contributed by atoms with Crippen LogP contribution in [0, 0.1) is 13.8 Å². The summed E-state index contributed by atoms with van der Waals surface area (Å²) >= 11 is 3.64. The molecule has 25 heavy (non-hydrogen) atoms. The van der Waals surface area contributed by atoms with Crippen LogP contribution in [0.3, 0.4) is 0 Å². The lowest BCUT2D eigenvalue weighted by Crippen LogP contribution is -2.02. The Balaban J connectivity index is 1.58. The zero-order chi connectivity index (χ0) is 17.6. The minimum absolute atomic E-state index is 0.591. The van der Waals surface area contributed by atoms with Crippen LogP contribution in [0.15, 0.2) is 71.2 Å². The van der Waals surface area contributed by atoms with Gasteiger partial charge >= 0.3 is 0 Å². The summed E-state index contributed by atoms with van der Waals surface area (Å²) in [5.74, 6) is 0.889. The van der Waals surface area contributed by atoms with E-state index in [0.717, 1.165) is 22.5 Å². The van der Waals surface area contributed by atoms with Crippen LogP contribution in [0.25, 0.3) is 0 Å². The summed E-state index contributed by atoms with van der Waals surface area (Å²) in [7, 11) is 0. The van der Waals surface area contributed by atoms with Crippen LogP contribution < -0.4 is 10.1 Å². The first-order valence-corrected chi connectivity index (χ1v) is 9.17. The third-order valence-electron chi connectivity index (χ3n) is 4.07. The molecule has 3 rings (SSSR count). The van der Waals surface area contributed by atoms with Gasteiger partial charge in [0.25, 0.3) is 0 Å². The summed E-state index contributed by atoms with van der Waals surface area (Å²) in [5.41, 5.74) is 6.05. The molecule has 0 atom stereocenters. The maximum Gasteiger partial charge on any atom is 0.119 e. The molecule has 0 heterocycles. The van der Waals surface area contributed by atoms with Gasteiger partial charge in [0, 0.05) is 11.0 Å². The van der Waals surface area contributed by atoms with E-state index in [1.807, 2.05) is 30.3 Å². The highest BCUT2D eigenvalue weighted by Gasteiger charge is 2.05. The molecule has 1 N–H and O–H groups in total. The Morgan fingerprint density at radius 1 is 0.880 bits per heavy atom. The number of ether oxygens (including phenoxy) is 1. The molecule has 0 aromatic heterocycles. The Kier molecular flexibility index (Phi) is 5.77. The van der Waals surface area contributed by atoms with Gasteiger partial charge in [0.2, 0.25) is 0 Å². The fraction of sp³-hybridized carbons (Fsp3) is 0.182. The van der Waals surface area contributed by atoms with Crippen LogP contribution >= 0.6 is 15.9 Å². The number of benzene rings is 3. The highest BCUT2D eigenvalue weighted by Crippen LogP contribution is 2.28. The third-order valence-corrected chi connectivity index (χ3v) is 4.70. The standard InChI is InChI=1S/C22H22BrNO/c1-16-12-17(2)22(21(23)13-16)24-14-18-8-10-20(11-9-18)25-15-19-6-4-3-5-7-19/h3-13,24H,14-15H2,1-2H3. The maximum absolute atomic E-state index is 5.83. The van der Waals surface area contributed by atoms with Gasteiger partial charge in [0.05, 0.1) is 5.69 Å². The van der Waals surface area contributed by atoms with Crippen LogP contribution in [0.4, 0.5) is 5.69 Å². The normalized spacial score (nSPS) is 10.5. The lowest BCUT2D eigenvalue weighted by Gasteiger charge is -2.13. The first-order chi connectivity index (χ1) is 12.1. The largest absolute Gasteiger partial charge is 0.489 e. The van der Waals surface area contributed by atoms with Crippen LogP contribution in [0.1, 0.15) is 22.3 Å². The fourth-order valence-electron chi connectivity index (χ4n) is 2.77. The molecule has 3 aromatic carbocycles. The van der Waals surface area contributed by atoms with E-state index in [0.29, 0.717) is 6.61 Å². The molecule has 0 saturated heterocycles. The van der Waals surface area contributed by atoms with Crippen molar-refractivity contribution in [1.82, 2.24) is 0 Å². The van der Waals surface area contributed by atoms with Crippen molar-refractivity contribution < 1.29 is 4.74 Å². The van der Waals surface area contributed by atoms with Crippen molar-refractivity contribution in [3.8, 4) is 5.75 Å². The molecule has 3 aromatic rings. The summed E-state index contributed by atoms with van der Waals surface area (Å²) in [6.45, 7) is 5.60. The molecule has 0 saturated carbocycles. The van der Waals surface area contributed by atoms with Gasteiger partial charge in [-0.1, -0.05) is 48.5 Å². The first-order valence-electron chi connectivity index (χ1n) is 8.38. The van der Waals surface area contributed by atoms with E-state index in [2.05, 4.69) is 71.5 Å². The summed E-state index contributed by atoms with van der Waals surface area (Å²) in [6, 6.07) is 22.8. The minimum atomic E-state index is 0.591. The number of rotatable bonds is 6. The molecule has 0 spiro atoms. The van der Waals surface area contributed by atoms with Crippen molar-refractivity contribution in [2.24, 2.45) is 0 Å². The lowest BCUT2D eigenvalue weighted by atomic mass is 10.1. The van der Waals surface area contributed by atoms with Gasteiger partial charge in [-0.15, -0.1) is 0 Å². The monoisotopic (exact) mass is 395 g/mol. The zero-order valence-electron chi connectivity index (χ0n) is 14.6. The van der Waals surface area contributed by atoms with Crippen LogP contribution in [0.2, 0.25) is 0 Å².